The molecule has 0 spiro atoms. The number of rotatable bonds is 1. The Hall–Kier alpha value is -0.530. The number of carboxylic acid groups (broad SMARTS) is 1. The van der Waals surface area contributed by atoms with Gasteiger partial charge < -0.3 is 5.11 Å². The fourth-order valence-corrected chi connectivity index (χ4v) is 6.59. The van der Waals surface area contributed by atoms with E-state index in [1.54, 1.807) is 0 Å². The maximum Gasteiger partial charge on any atom is 0.310 e. The SMILES string of the molecule is CC12C3C4C5C3C1(C(=O)O)C5C42. The van der Waals surface area contributed by atoms with Crippen molar-refractivity contribution in [2.75, 3.05) is 0 Å². The molecule has 0 aromatic carbocycles. The van der Waals surface area contributed by atoms with E-state index in [1.807, 2.05) is 0 Å². The molecule has 62 valence electrons. The van der Waals surface area contributed by atoms with Crippen molar-refractivity contribution in [3.8, 4) is 0 Å². The summed E-state index contributed by atoms with van der Waals surface area (Å²) in [6.45, 7) is 2.23. The highest BCUT2D eigenvalue weighted by Gasteiger charge is 3.11. The summed E-state index contributed by atoms with van der Waals surface area (Å²) in [6, 6.07) is 0. The summed E-state index contributed by atoms with van der Waals surface area (Å²) < 4.78 is 0. The Morgan fingerprint density at radius 2 is 1.67 bits per heavy atom. The second-order valence-electron chi connectivity index (χ2n) is 5.71. The van der Waals surface area contributed by atoms with Crippen molar-refractivity contribution in [1.29, 1.82) is 0 Å². The van der Waals surface area contributed by atoms with E-state index in [0.717, 1.165) is 23.7 Å². The van der Waals surface area contributed by atoms with Gasteiger partial charge in [-0.25, -0.2) is 0 Å². The van der Waals surface area contributed by atoms with E-state index in [4.69, 9.17) is 0 Å². The van der Waals surface area contributed by atoms with Gasteiger partial charge in [0.25, 0.3) is 0 Å². The van der Waals surface area contributed by atoms with Crippen molar-refractivity contribution in [3.05, 3.63) is 0 Å². The van der Waals surface area contributed by atoms with Gasteiger partial charge in [-0.05, 0) is 40.9 Å². The summed E-state index contributed by atoms with van der Waals surface area (Å²) in [6.07, 6.45) is 0. The highest BCUT2D eigenvalue weighted by molar-refractivity contribution is 5.87. The molecule has 6 fully saturated rings. The van der Waals surface area contributed by atoms with E-state index in [0.29, 0.717) is 11.8 Å². The van der Waals surface area contributed by atoms with Crippen LogP contribution in [0.1, 0.15) is 6.92 Å². The molecule has 12 heavy (non-hydrogen) atoms. The Labute approximate surface area is 70.0 Å². The molecular weight excluding hydrogens is 152 g/mol. The molecule has 1 N–H and O–H groups in total. The molecule has 0 bridgehead atoms. The first-order chi connectivity index (χ1) is 5.68. The monoisotopic (exact) mass is 162 g/mol. The van der Waals surface area contributed by atoms with E-state index in [1.165, 1.54) is 0 Å². The van der Waals surface area contributed by atoms with Crippen molar-refractivity contribution in [2.24, 2.45) is 46.3 Å². The molecule has 0 aromatic rings. The number of aliphatic carboxylic acids is 1. The van der Waals surface area contributed by atoms with Crippen LogP contribution >= 0.6 is 0 Å². The van der Waals surface area contributed by atoms with Crippen LogP contribution in [0.3, 0.4) is 0 Å². The minimum atomic E-state index is -0.470. The third kappa shape index (κ3) is 0.154. The second kappa shape index (κ2) is 0.891. The number of carbonyl (C=O) groups is 1. The van der Waals surface area contributed by atoms with Gasteiger partial charge in [-0.2, -0.15) is 0 Å². The minimum Gasteiger partial charge on any atom is -0.481 e. The molecule has 0 aromatic heterocycles. The Bertz CT molecular complexity index is 352. The molecule has 2 heteroatoms. The molecule has 0 radical (unpaired) electrons. The zero-order valence-corrected chi connectivity index (χ0v) is 6.82. The van der Waals surface area contributed by atoms with Crippen LogP contribution < -0.4 is 0 Å². The normalized spacial score (nSPS) is 88.1. The summed E-state index contributed by atoms with van der Waals surface area (Å²) in [4.78, 5) is 11.2. The molecule has 6 saturated carbocycles. The fourth-order valence-electron chi connectivity index (χ4n) is 6.59. The molecule has 6 rings (SSSR count). The van der Waals surface area contributed by atoms with Crippen LogP contribution in [-0.2, 0) is 4.79 Å². The lowest BCUT2D eigenvalue weighted by molar-refractivity contribution is -0.641. The molecule has 4 atom stereocenters. The molecule has 0 aliphatic heterocycles. The highest BCUT2D eigenvalue weighted by atomic mass is 16.4. The van der Waals surface area contributed by atoms with Gasteiger partial charge in [-0.15, -0.1) is 0 Å². The van der Waals surface area contributed by atoms with Crippen LogP contribution in [-0.4, -0.2) is 11.1 Å². The molecule has 0 saturated heterocycles. The Balaban J connectivity index is 1.80. The lowest BCUT2D eigenvalue weighted by Crippen LogP contribution is -3.10. The van der Waals surface area contributed by atoms with E-state index >= 15 is 0 Å². The first kappa shape index (κ1) is 5.25. The minimum absolute atomic E-state index is 0.179. The van der Waals surface area contributed by atoms with E-state index in [-0.39, 0.29) is 10.8 Å². The van der Waals surface area contributed by atoms with Crippen molar-refractivity contribution < 1.29 is 9.90 Å². The van der Waals surface area contributed by atoms with Crippen LogP contribution in [0.4, 0.5) is 0 Å². The maximum absolute atomic E-state index is 11.2. The number of hydrogen-bond donors (Lipinski definition) is 1. The Morgan fingerprint density at radius 3 is 2.00 bits per heavy atom. The largest absolute Gasteiger partial charge is 0.481 e. The van der Waals surface area contributed by atoms with E-state index in [9.17, 15) is 9.90 Å². The number of carboxylic acids is 1. The van der Waals surface area contributed by atoms with Gasteiger partial charge >= 0.3 is 5.97 Å². The Morgan fingerprint density at radius 1 is 1.17 bits per heavy atom. The lowest BCUT2D eigenvalue weighted by Gasteiger charge is -3.10. The van der Waals surface area contributed by atoms with Crippen molar-refractivity contribution >= 4 is 5.97 Å². The van der Waals surface area contributed by atoms with Gasteiger partial charge in [0.1, 0.15) is 0 Å². The molecular formula is C10H10O2. The predicted octanol–water partition coefficient (Wildman–Crippen LogP) is 0.829. The van der Waals surface area contributed by atoms with Crippen LogP contribution in [0.15, 0.2) is 0 Å². The second-order valence-corrected chi connectivity index (χ2v) is 5.71. The van der Waals surface area contributed by atoms with Gasteiger partial charge in [0.05, 0.1) is 5.41 Å². The van der Waals surface area contributed by atoms with E-state index < -0.39 is 5.97 Å². The van der Waals surface area contributed by atoms with Crippen LogP contribution in [0.5, 0.6) is 0 Å². The molecule has 6 aliphatic rings. The zero-order valence-electron chi connectivity index (χ0n) is 6.82. The van der Waals surface area contributed by atoms with Gasteiger partial charge in [0.2, 0.25) is 0 Å². The van der Waals surface area contributed by atoms with Crippen LogP contribution in [0.2, 0.25) is 0 Å². The van der Waals surface area contributed by atoms with Gasteiger partial charge in [0, 0.05) is 0 Å². The summed E-state index contributed by atoms with van der Waals surface area (Å²) in [5.74, 6) is 4.41. The van der Waals surface area contributed by atoms with Crippen molar-refractivity contribution in [3.63, 3.8) is 0 Å². The lowest BCUT2D eigenvalue weighted by atomic mass is 8.92. The van der Waals surface area contributed by atoms with Gasteiger partial charge in [-0.3, -0.25) is 4.79 Å². The van der Waals surface area contributed by atoms with Crippen molar-refractivity contribution in [1.82, 2.24) is 0 Å². The molecule has 0 amide bonds. The molecule has 4 unspecified atom stereocenters. The maximum atomic E-state index is 11.2. The summed E-state index contributed by atoms with van der Waals surface area (Å²) in [5.41, 5.74) is 0.106. The first-order valence-corrected chi connectivity index (χ1v) is 4.92. The highest BCUT2D eigenvalue weighted by Crippen LogP contribution is 3.10. The average Bonchev–Trinajstić information content (AvgIpc) is 2.03. The van der Waals surface area contributed by atoms with Crippen LogP contribution in [0.25, 0.3) is 0 Å². The molecule has 0 heterocycles. The number of hydrogen-bond acceptors (Lipinski definition) is 1. The third-order valence-corrected chi connectivity index (χ3v) is 6.56. The smallest absolute Gasteiger partial charge is 0.310 e. The van der Waals surface area contributed by atoms with E-state index in [2.05, 4.69) is 6.92 Å². The van der Waals surface area contributed by atoms with Gasteiger partial charge in [-0.1, -0.05) is 6.92 Å². The average molecular weight is 162 g/mol. The molecule has 6 aliphatic carbocycles. The Kier molecular flexibility index (Phi) is 0.390. The molecule has 2 nitrogen and oxygen atoms in total. The quantitative estimate of drug-likeness (QED) is 0.620. The zero-order chi connectivity index (χ0) is 8.04. The predicted molar refractivity (Wildman–Crippen MR) is 39.1 cm³/mol. The fraction of sp³-hybridized carbons (Fsp3) is 0.900. The van der Waals surface area contributed by atoms with Crippen molar-refractivity contribution in [2.45, 2.75) is 6.92 Å². The topological polar surface area (TPSA) is 37.3 Å². The van der Waals surface area contributed by atoms with Crippen LogP contribution in [0, 0.1) is 46.3 Å². The summed E-state index contributed by atoms with van der Waals surface area (Å²) in [7, 11) is 0. The standard InChI is InChI=1S/C10H10O2/c1-9-4-2-3-6(4)10(9,8(11)12)7(3)5(2)9/h2-7H,1H3,(H,11,12). The first-order valence-electron chi connectivity index (χ1n) is 4.92. The summed E-state index contributed by atoms with van der Waals surface area (Å²) in [5, 5.41) is 9.23. The van der Waals surface area contributed by atoms with Gasteiger partial charge in [0.15, 0.2) is 0 Å². The summed E-state index contributed by atoms with van der Waals surface area (Å²) >= 11 is 0. The third-order valence-electron chi connectivity index (χ3n) is 6.56.